The molecule has 0 bridgehead atoms. The summed E-state index contributed by atoms with van der Waals surface area (Å²) in [5.41, 5.74) is 19.8. The van der Waals surface area contributed by atoms with Crippen LogP contribution in [0.2, 0.25) is 0 Å². The number of hydrogen-bond acceptors (Lipinski definition) is 9. The van der Waals surface area contributed by atoms with E-state index in [1.54, 1.807) is 75.4 Å². The second kappa shape index (κ2) is 10.9. The standard InChI is InChI=1S/C28H26N6O5/c1-14-12-23(35)39-26-21(14)13-22(15(2)31-33-19-8-4-17(5-9-19)27(29)37)25(36)24(26)16(3)32-34-20-10-6-18(7-11-20)28(30)38/h4-13,33-34,36H,1-3H3,(H2,29,37)(H2,30,38)/b31-15+,32-16+. The number of amides is 2. The maximum atomic E-state index is 12.2. The number of benzene rings is 3. The second-order valence-electron chi connectivity index (χ2n) is 8.77. The molecule has 1 aromatic heterocycles. The average molecular weight is 527 g/mol. The molecule has 0 aliphatic rings. The Hall–Kier alpha value is -5.45. The van der Waals surface area contributed by atoms with E-state index in [1.165, 1.54) is 6.07 Å². The number of nitrogens with one attached hydrogen (secondary N) is 2. The molecule has 3 aromatic carbocycles. The second-order valence-corrected chi connectivity index (χ2v) is 8.77. The first-order chi connectivity index (χ1) is 18.5. The van der Waals surface area contributed by atoms with Gasteiger partial charge in [-0.3, -0.25) is 20.4 Å². The van der Waals surface area contributed by atoms with Crippen molar-refractivity contribution in [3.05, 3.63) is 98.9 Å². The zero-order valence-electron chi connectivity index (χ0n) is 21.4. The summed E-state index contributed by atoms with van der Waals surface area (Å²) in [5.74, 6) is -1.27. The number of anilines is 2. The first kappa shape index (κ1) is 26.6. The van der Waals surface area contributed by atoms with Crippen LogP contribution >= 0.6 is 0 Å². The van der Waals surface area contributed by atoms with Crippen molar-refractivity contribution in [3.63, 3.8) is 0 Å². The zero-order valence-corrected chi connectivity index (χ0v) is 21.4. The maximum Gasteiger partial charge on any atom is 0.336 e. The quantitative estimate of drug-likeness (QED) is 0.132. The van der Waals surface area contributed by atoms with Gasteiger partial charge < -0.3 is 21.0 Å². The van der Waals surface area contributed by atoms with E-state index in [4.69, 9.17) is 15.9 Å². The number of fused-ring (bicyclic) bond motifs is 1. The van der Waals surface area contributed by atoms with Crippen LogP contribution in [0, 0.1) is 6.92 Å². The van der Waals surface area contributed by atoms with Crippen LogP contribution in [0.1, 0.15) is 51.3 Å². The number of nitrogens with zero attached hydrogens (tertiary/aromatic N) is 2. The van der Waals surface area contributed by atoms with Gasteiger partial charge in [0, 0.05) is 28.1 Å². The molecular weight excluding hydrogens is 500 g/mol. The molecule has 0 saturated heterocycles. The van der Waals surface area contributed by atoms with E-state index < -0.39 is 17.4 Å². The highest BCUT2D eigenvalue weighted by molar-refractivity contribution is 6.15. The number of hydrazone groups is 2. The van der Waals surface area contributed by atoms with Crippen LogP contribution in [-0.4, -0.2) is 28.3 Å². The Morgan fingerprint density at radius 2 is 1.31 bits per heavy atom. The summed E-state index contributed by atoms with van der Waals surface area (Å²) in [4.78, 5) is 34.8. The van der Waals surface area contributed by atoms with E-state index >= 15 is 0 Å². The van der Waals surface area contributed by atoms with E-state index in [0.717, 1.165) is 0 Å². The third kappa shape index (κ3) is 5.77. The van der Waals surface area contributed by atoms with E-state index in [0.29, 0.717) is 50.4 Å². The first-order valence-electron chi connectivity index (χ1n) is 11.8. The lowest BCUT2D eigenvalue weighted by Gasteiger charge is -2.14. The lowest BCUT2D eigenvalue weighted by molar-refractivity contribution is 0.0992. The molecule has 1 heterocycles. The number of primary amides is 2. The minimum Gasteiger partial charge on any atom is -0.506 e. The van der Waals surface area contributed by atoms with Crippen LogP contribution in [0.15, 0.2) is 80.1 Å². The van der Waals surface area contributed by atoms with Crippen LogP contribution in [0.25, 0.3) is 11.0 Å². The largest absolute Gasteiger partial charge is 0.506 e. The lowest BCUT2D eigenvalue weighted by atomic mass is 9.97. The highest BCUT2D eigenvalue weighted by Crippen LogP contribution is 2.33. The molecular formula is C28H26N6O5. The molecule has 198 valence electrons. The minimum absolute atomic E-state index is 0.177. The normalized spacial score (nSPS) is 11.9. The van der Waals surface area contributed by atoms with Crippen molar-refractivity contribution in [2.24, 2.45) is 21.7 Å². The van der Waals surface area contributed by atoms with Crippen molar-refractivity contribution >= 4 is 45.6 Å². The van der Waals surface area contributed by atoms with Crippen LogP contribution in [0.4, 0.5) is 11.4 Å². The van der Waals surface area contributed by atoms with E-state index in [-0.39, 0.29) is 16.9 Å². The smallest absolute Gasteiger partial charge is 0.336 e. The van der Waals surface area contributed by atoms with Gasteiger partial charge in [0.2, 0.25) is 11.8 Å². The third-order valence-corrected chi connectivity index (χ3v) is 6.01. The summed E-state index contributed by atoms with van der Waals surface area (Å²) in [5, 5.41) is 20.6. The number of aromatic hydroxyl groups is 1. The highest BCUT2D eigenvalue weighted by Gasteiger charge is 2.21. The van der Waals surface area contributed by atoms with Gasteiger partial charge in [0.25, 0.3) is 0 Å². The van der Waals surface area contributed by atoms with Gasteiger partial charge in [-0.25, -0.2) is 4.79 Å². The van der Waals surface area contributed by atoms with Crippen molar-refractivity contribution in [2.75, 3.05) is 10.9 Å². The summed E-state index contributed by atoms with van der Waals surface area (Å²) in [6.45, 7) is 5.12. The number of hydrogen-bond donors (Lipinski definition) is 5. The number of phenols is 1. The number of nitrogens with two attached hydrogens (primary N) is 2. The Morgan fingerprint density at radius 3 is 1.79 bits per heavy atom. The van der Waals surface area contributed by atoms with Crippen molar-refractivity contribution in [3.8, 4) is 5.75 Å². The molecule has 2 amide bonds. The molecule has 0 saturated carbocycles. The van der Waals surface area contributed by atoms with E-state index in [1.807, 2.05) is 0 Å². The van der Waals surface area contributed by atoms with Gasteiger partial charge in [-0.15, -0.1) is 0 Å². The predicted octanol–water partition coefficient (Wildman–Crippen LogP) is 3.68. The molecule has 0 radical (unpaired) electrons. The topological polar surface area (TPSA) is 185 Å². The van der Waals surface area contributed by atoms with Crippen LogP contribution < -0.4 is 27.9 Å². The number of carbonyl (C=O) groups is 2. The molecule has 11 nitrogen and oxygen atoms in total. The predicted molar refractivity (Wildman–Crippen MR) is 150 cm³/mol. The molecule has 0 aliphatic carbocycles. The molecule has 39 heavy (non-hydrogen) atoms. The first-order valence-corrected chi connectivity index (χ1v) is 11.8. The minimum atomic E-state index is -0.567. The summed E-state index contributed by atoms with van der Waals surface area (Å²) in [6.07, 6.45) is 0. The monoisotopic (exact) mass is 526 g/mol. The van der Waals surface area contributed by atoms with Crippen molar-refractivity contribution in [1.82, 2.24) is 0 Å². The van der Waals surface area contributed by atoms with E-state index in [9.17, 15) is 19.5 Å². The molecule has 7 N–H and O–H groups in total. The van der Waals surface area contributed by atoms with Crippen LogP contribution in [0.3, 0.4) is 0 Å². The summed E-state index contributed by atoms with van der Waals surface area (Å²) < 4.78 is 5.50. The Balaban J connectivity index is 1.74. The molecule has 11 heteroatoms. The molecule has 0 aliphatic heterocycles. The third-order valence-electron chi connectivity index (χ3n) is 6.01. The number of carbonyl (C=O) groups excluding carboxylic acids is 2. The Kier molecular flexibility index (Phi) is 7.43. The van der Waals surface area contributed by atoms with Crippen LogP contribution in [0.5, 0.6) is 5.75 Å². The van der Waals surface area contributed by atoms with Gasteiger partial charge in [-0.1, -0.05) is 0 Å². The fourth-order valence-corrected chi connectivity index (χ4v) is 3.88. The molecule has 0 spiro atoms. The number of phenolic OH excluding ortho intramolecular Hbond substituents is 1. The van der Waals surface area contributed by atoms with Crippen molar-refractivity contribution < 1.29 is 19.1 Å². The molecule has 4 aromatic rings. The molecule has 0 fully saturated rings. The Labute approximate surface area is 222 Å². The zero-order chi connectivity index (χ0) is 28.3. The molecule has 0 unspecified atom stereocenters. The van der Waals surface area contributed by atoms with Gasteiger partial charge in [0.05, 0.1) is 28.4 Å². The van der Waals surface area contributed by atoms with Gasteiger partial charge in [-0.05, 0) is 80.9 Å². The van der Waals surface area contributed by atoms with Gasteiger partial charge >= 0.3 is 5.63 Å². The fraction of sp³-hybridized carbons (Fsp3) is 0.107. The summed E-state index contributed by atoms with van der Waals surface area (Å²) in [6, 6.07) is 15.9. The Morgan fingerprint density at radius 1 is 0.821 bits per heavy atom. The van der Waals surface area contributed by atoms with E-state index in [2.05, 4.69) is 21.1 Å². The van der Waals surface area contributed by atoms with Gasteiger partial charge in [0.15, 0.2) is 5.58 Å². The van der Waals surface area contributed by atoms with Gasteiger partial charge in [-0.2, -0.15) is 10.2 Å². The highest BCUT2D eigenvalue weighted by atomic mass is 16.4. The Bertz CT molecular complexity index is 1700. The number of aryl methyl sites for hydroxylation is 1. The lowest BCUT2D eigenvalue weighted by Crippen LogP contribution is -2.11. The SMILES string of the molecule is C/C(=N\Nc1ccc(C(N)=O)cc1)c1cc2c(C)cc(=O)oc2c(/C(C)=N/Nc2ccc(C(N)=O)cc2)c1O. The fourth-order valence-electron chi connectivity index (χ4n) is 3.88. The maximum absolute atomic E-state index is 12.2. The average Bonchev–Trinajstić information content (AvgIpc) is 2.90. The number of rotatable bonds is 8. The van der Waals surface area contributed by atoms with Crippen LogP contribution in [-0.2, 0) is 0 Å². The summed E-state index contributed by atoms with van der Waals surface area (Å²) in [7, 11) is 0. The van der Waals surface area contributed by atoms with Crippen molar-refractivity contribution in [1.29, 1.82) is 0 Å². The van der Waals surface area contributed by atoms with Crippen molar-refractivity contribution in [2.45, 2.75) is 20.8 Å². The molecule has 0 atom stereocenters. The molecule has 4 rings (SSSR count). The van der Waals surface area contributed by atoms with Gasteiger partial charge in [0.1, 0.15) is 5.75 Å². The summed E-state index contributed by atoms with van der Waals surface area (Å²) >= 11 is 0.